The van der Waals surface area contributed by atoms with Crippen molar-refractivity contribution in [2.24, 2.45) is 17.3 Å². The summed E-state index contributed by atoms with van der Waals surface area (Å²) >= 11 is 0. The second kappa shape index (κ2) is 5.21. The predicted octanol–water partition coefficient (Wildman–Crippen LogP) is 4.85. The van der Waals surface area contributed by atoms with E-state index in [2.05, 4.69) is 15.2 Å². The van der Waals surface area contributed by atoms with Crippen molar-refractivity contribution < 1.29 is 5.11 Å². The van der Waals surface area contributed by atoms with Gasteiger partial charge in [-0.1, -0.05) is 42.5 Å². The number of aryl methyl sites for hydroxylation is 1. The van der Waals surface area contributed by atoms with E-state index in [0.29, 0.717) is 11.6 Å². The number of rotatable bonds is 2. The van der Waals surface area contributed by atoms with Crippen LogP contribution in [0.4, 0.5) is 11.6 Å². The highest BCUT2D eigenvalue weighted by Gasteiger charge is 2.08. The van der Waals surface area contributed by atoms with Gasteiger partial charge in [-0.05, 0) is 23.6 Å². The molecule has 0 saturated heterocycles. The molecular formula is C18H14N4O. The minimum absolute atomic E-state index is 0.103. The fourth-order valence-electron chi connectivity index (χ4n) is 2.67. The Morgan fingerprint density at radius 3 is 2.57 bits per heavy atom. The number of fused-ring (bicyclic) bond motifs is 2. The Morgan fingerprint density at radius 1 is 0.913 bits per heavy atom. The molecule has 0 bridgehead atoms. The lowest BCUT2D eigenvalue weighted by Gasteiger charge is -2.03. The van der Waals surface area contributed by atoms with Crippen molar-refractivity contribution in [1.29, 1.82) is 0 Å². The molecular weight excluding hydrogens is 288 g/mol. The Labute approximate surface area is 132 Å². The maximum absolute atomic E-state index is 10.1. The van der Waals surface area contributed by atoms with Gasteiger partial charge < -0.3 is 9.67 Å². The largest absolute Gasteiger partial charge is 0.506 e. The number of nitrogens with zero attached hydrogens (tertiary/aromatic N) is 4. The number of hydrogen-bond donors (Lipinski definition) is 1. The van der Waals surface area contributed by atoms with Crippen LogP contribution < -0.4 is 0 Å². The molecule has 5 heteroatoms. The highest BCUT2D eigenvalue weighted by molar-refractivity contribution is 5.95. The van der Waals surface area contributed by atoms with Gasteiger partial charge in [0, 0.05) is 12.4 Å². The first kappa shape index (κ1) is 13.5. The van der Waals surface area contributed by atoms with E-state index in [4.69, 9.17) is 0 Å². The number of phenolic OH excluding ortho intramolecular Hbond substituents is 1. The molecule has 3 aromatic carbocycles. The normalized spacial score (nSPS) is 11.7. The number of aromatic hydroxyl groups is 1. The van der Waals surface area contributed by atoms with Crippen molar-refractivity contribution in [2.45, 2.75) is 0 Å². The topological polar surface area (TPSA) is 62.8 Å². The summed E-state index contributed by atoms with van der Waals surface area (Å²) in [5, 5.41) is 20.5. The molecule has 5 nitrogen and oxygen atoms in total. The minimum Gasteiger partial charge on any atom is -0.506 e. The van der Waals surface area contributed by atoms with Gasteiger partial charge in [-0.3, -0.25) is 0 Å². The third-order valence-corrected chi connectivity index (χ3v) is 3.88. The van der Waals surface area contributed by atoms with Crippen LogP contribution in [0, 0.1) is 0 Å². The molecule has 0 amide bonds. The van der Waals surface area contributed by atoms with Crippen molar-refractivity contribution >= 4 is 33.4 Å². The predicted molar refractivity (Wildman–Crippen MR) is 90.5 cm³/mol. The van der Waals surface area contributed by atoms with E-state index in [1.807, 2.05) is 66.2 Å². The Bertz CT molecular complexity index is 1050. The molecule has 0 radical (unpaired) electrons. The van der Waals surface area contributed by atoms with E-state index >= 15 is 0 Å². The Balaban J connectivity index is 1.85. The third kappa shape index (κ3) is 2.23. The summed E-state index contributed by atoms with van der Waals surface area (Å²) in [4.78, 5) is 4.46. The van der Waals surface area contributed by atoms with E-state index in [9.17, 15) is 5.11 Å². The number of phenols is 1. The first-order valence-electron chi connectivity index (χ1n) is 7.28. The first-order valence-corrected chi connectivity index (χ1v) is 7.28. The van der Waals surface area contributed by atoms with E-state index in [1.54, 1.807) is 6.07 Å². The van der Waals surface area contributed by atoms with Crippen molar-refractivity contribution in [1.82, 2.24) is 9.55 Å². The highest BCUT2D eigenvalue weighted by atomic mass is 16.3. The summed E-state index contributed by atoms with van der Waals surface area (Å²) in [6.07, 6.45) is 0. The first-order chi connectivity index (χ1) is 11.2. The monoisotopic (exact) mass is 302 g/mol. The quantitative estimate of drug-likeness (QED) is 0.538. The van der Waals surface area contributed by atoms with Crippen LogP contribution >= 0.6 is 0 Å². The molecule has 1 N–H and O–H groups in total. The van der Waals surface area contributed by atoms with Gasteiger partial charge >= 0.3 is 0 Å². The van der Waals surface area contributed by atoms with E-state index < -0.39 is 0 Å². The maximum atomic E-state index is 10.1. The SMILES string of the molecule is Cn1c(/N=N/c2c(O)ccc3ccccc23)nc2ccccc21. The number of azo groups is 1. The molecule has 0 aliphatic carbocycles. The zero-order valence-corrected chi connectivity index (χ0v) is 12.5. The molecule has 0 aliphatic rings. The van der Waals surface area contributed by atoms with Gasteiger partial charge in [0.05, 0.1) is 11.0 Å². The Kier molecular flexibility index (Phi) is 3.05. The highest BCUT2D eigenvalue weighted by Crippen LogP contribution is 2.36. The second-order valence-electron chi connectivity index (χ2n) is 5.31. The molecule has 4 aromatic rings. The van der Waals surface area contributed by atoms with Crippen LogP contribution in [0.25, 0.3) is 21.8 Å². The molecule has 4 rings (SSSR count). The standard InChI is InChI=1S/C18H14N4O/c1-22-15-9-5-4-8-14(15)19-18(22)21-20-17-13-7-3-2-6-12(13)10-11-16(17)23/h2-11,23H,1H3/b21-20+. The van der Waals surface area contributed by atoms with Gasteiger partial charge in [0.2, 0.25) is 5.95 Å². The molecule has 0 atom stereocenters. The van der Waals surface area contributed by atoms with Crippen LogP contribution in [0.15, 0.2) is 70.9 Å². The summed E-state index contributed by atoms with van der Waals surface area (Å²) in [7, 11) is 1.90. The fourth-order valence-corrected chi connectivity index (χ4v) is 2.67. The lowest BCUT2D eigenvalue weighted by atomic mass is 10.1. The smallest absolute Gasteiger partial charge is 0.250 e. The zero-order valence-electron chi connectivity index (χ0n) is 12.5. The van der Waals surface area contributed by atoms with Crippen LogP contribution in [-0.2, 0) is 7.05 Å². The fraction of sp³-hybridized carbons (Fsp3) is 0.0556. The third-order valence-electron chi connectivity index (χ3n) is 3.88. The summed E-state index contributed by atoms with van der Waals surface area (Å²) in [6, 6.07) is 19.1. The lowest BCUT2D eigenvalue weighted by Crippen LogP contribution is -1.85. The van der Waals surface area contributed by atoms with Gasteiger partial charge in [-0.2, -0.15) is 0 Å². The summed E-state index contributed by atoms with van der Waals surface area (Å²) in [5.74, 6) is 0.602. The van der Waals surface area contributed by atoms with Crippen molar-refractivity contribution in [3.63, 3.8) is 0 Å². The van der Waals surface area contributed by atoms with Gasteiger partial charge in [-0.25, -0.2) is 4.98 Å². The molecule has 23 heavy (non-hydrogen) atoms. The summed E-state index contributed by atoms with van der Waals surface area (Å²) in [5.41, 5.74) is 2.31. The number of benzene rings is 3. The number of hydrogen-bond acceptors (Lipinski definition) is 4. The van der Waals surface area contributed by atoms with E-state index in [-0.39, 0.29) is 5.75 Å². The molecule has 1 aromatic heterocycles. The molecule has 0 aliphatic heterocycles. The average Bonchev–Trinajstić information content (AvgIpc) is 2.90. The summed E-state index contributed by atoms with van der Waals surface area (Å²) in [6.45, 7) is 0. The number of para-hydroxylation sites is 2. The summed E-state index contributed by atoms with van der Waals surface area (Å²) < 4.78 is 1.88. The van der Waals surface area contributed by atoms with Gasteiger partial charge in [0.15, 0.2) is 0 Å². The van der Waals surface area contributed by atoms with Crippen LogP contribution in [0.1, 0.15) is 0 Å². The molecule has 112 valence electrons. The molecule has 0 spiro atoms. The van der Waals surface area contributed by atoms with Gasteiger partial charge in [0.25, 0.3) is 0 Å². The molecule has 1 heterocycles. The van der Waals surface area contributed by atoms with Crippen molar-refractivity contribution in [2.75, 3.05) is 0 Å². The zero-order chi connectivity index (χ0) is 15.8. The van der Waals surface area contributed by atoms with E-state index in [1.165, 1.54) is 0 Å². The average molecular weight is 302 g/mol. The van der Waals surface area contributed by atoms with Crippen LogP contribution in [0.2, 0.25) is 0 Å². The second-order valence-corrected chi connectivity index (χ2v) is 5.31. The molecule has 0 unspecified atom stereocenters. The Hall–Kier alpha value is -3.21. The molecule has 0 saturated carbocycles. The Morgan fingerprint density at radius 2 is 1.70 bits per heavy atom. The van der Waals surface area contributed by atoms with Crippen LogP contribution in [0.5, 0.6) is 5.75 Å². The molecule has 0 fully saturated rings. The number of aromatic nitrogens is 2. The van der Waals surface area contributed by atoms with Crippen molar-refractivity contribution in [3.8, 4) is 5.75 Å². The lowest BCUT2D eigenvalue weighted by molar-refractivity contribution is 0.477. The van der Waals surface area contributed by atoms with Gasteiger partial charge in [0.1, 0.15) is 11.4 Å². The van der Waals surface area contributed by atoms with Crippen LogP contribution in [-0.4, -0.2) is 14.7 Å². The minimum atomic E-state index is 0.103. The number of imidazole rings is 1. The van der Waals surface area contributed by atoms with Crippen LogP contribution in [0.3, 0.4) is 0 Å². The maximum Gasteiger partial charge on any atom is 0.250 e. The van der Waals surface area contributed by atoms with Gasteiger partial charge in [-0.15, -0.1) is 10.2 Å². The van der Waals surface area contributed by atoms with E-state index in [0.717, 1.165) is 21.8 Å². The van der Waals surface area contributed by atoms with Crippen molar-refractivity contribution in [3.05, 3.63) is 60.7 Å².